The van der Waals surface area contributed by atoms with E-state index >= 15 is 4.39 Å². The van der Waals surface area contributed by atoms with Crippen LogP contribution in [0.5, 0.6) is 0 Å². The molecule has 8 nitrogen and oxygen atoms in total. The van der Waals surface area contributed by atoms with E-state index in [0.29, 0.717) is 63.8 Å². The highest BCUT2D eigenvalue weighted by Gasteiger charge is 2.49. The van der Waals surface area contributed by atoms with Gasteiger partial charge >= 0.3 is 6.03 Å². The number of hydrogen-bond acceptors (Lipinski definition) is 5. The summed E-state index contributed by atoms with van der Waals surface area (Å²) >= 11 is 13.1. The van der Waals surface area contributed by atoms with Crippen LogP contribution in [0.15, 0.2) is 54.6 Å². The zero-order valence-electron chi connectivity index (χ0n) is 27.7. The Morgan fingerprint density at radius 2 is 1.90 bits per heavy atom. The number of nitriles is 2. The van der Waals surface area contributed by atoms with Crippen molar-refractivity contribution in [1.29, 1.82) is 10.5 Å². The zero-order chi connectivity index (χ0) is 34.8. The molecule has 1 aliphatic carbocycles. The van der Waals surface area contributed by atoms with E-state index in [0.717, 1.165) is 41.7 Å². The van der Waals surface area contributed by atoms with Crippen molar-refractivity contribution in [3.8, 4) is 23.3 Å². The average Bonchev–Trinajstić information content (AvgIpc) is 3.86. The molecule has 50 heavy (non-hydrogen) atoms. The minimum absolute atomic E-state index is 0.0902. The SMILES string of the molecule is Cc1nc2c(F)c(-c3cccc(Cl)c3Cl)c(CCC#N)cc2c2c1cc([C@@H](C)N1CCCN(c3ccc(C#N)cc3)C1=O)n2[C@H]1[C@H]2CN[C@@H]1C2. The first kappa shape index (κ1) is 32.5. The number of carbonyl (C=O) groups is 1. The summed E-state index contributed by atoms with van der Waals surface area (Å²) < 4.78 is 19.4. The number of aromatic nitrogens is 2. The lowest BCUT2D eigenvalue weighted by Gasteiger charge is -2.42. The normalized spacial score (nSPS) is 20.6. The number of aryl methyl sites for hydroxylation is 2. The summed E-state index contributed by atoms with van der Waals surface area (Å²) in [7, 11) is 0. The number of benzene rings is 3. The number of nitrogens with one attached hydrogen (secondary N) is 1. The molecule has 3 aromatic carbocycles. The van der Waals surface area contributed by atoms with E-state index in [1.165, 1.54) is 0 Å². The van der Waals surface area contributed by atoms with Crippen molar-refractivity contribution >= 4 is 56.7 Å². The minimum atomic E-state index is -0.495. The summed E-state index contributed by atoms with van der Waals surface area (Å²) in [6.45, 7) is 6.06. The van der Waals surface area contributed by atoms with Crippen LogP contribution in [0.25, 0.3) is 32.9 Å². The fourth-order valence-corrected chi connectivity index (χ4v) is 8.78. The molecule has 1 N–H and O–H groups in total. The number of nitrogens with zero attached hydrogens (tertiary/aromatic N) is 6. The van der Waals surface area contributed by atoms with Gasteiger partial charge in [0.25, 0.3) is 0 Å². The molecule has 0 unspecified atom stereocenters. The van der Waals surface area contributed by atoms with Crippen molar-refractivity contribution in [3.63, 3.8) is 0 Å². The first-order chi connectivity index (χ1) is 24.2. The molecule has 0 spiro atoms. The topological polar surface area (TPSA) is 101 Å². The van der Waals surface area contributed by atoms with Gasteiger partial charge in [-0.1, -0.05) is 35.3 Å². The predicted octanol–water partition coefficient (Wildman–Crippen LogP) is 8.86. The molecule has 5 heterocycles. The maximum Gasteiger partial charge on any atom is 0.325 e. The maximum absolute atomic E-state index is 17.1. The Kier molecular flexibility index (Phi) is 8.19. The highest BCUT2D eigenvalue weighted by atomic mass is 35.5. The van der Waals surface area contributed by atoms with Crippen molar-refractivity contribution in [2.45, 2.75) is 57.7 Å². The summed E-state index contributed by atoms with van der Waals surface area (Å²) in [5.41, 5.74) is 5.55. The highest BCUT2D eigenvalue weighted by molar-refractivity contribution is 6.43. The van der Waals surface area contributed by atoms with Crippen LogP contribution in [0.2, 0.25) is 10.0 Å². The molecule has 252 valence electrons. The van der Waals surface area contributed by atoms with Crippen LogP contribution in [0.4, 0.5) is 14.9 Å². The molecule has 4 atom stereocenters. The van der Waals surface area contributed by atoms with Crippen LogP contribution in [0.3, 0.4) is 0 Å². The Bertz CT molecular complexity index is 2280. The van der Waals surface area contributed by atoms with Gasteiger partial charge in [0, 0.05) is 71.1 Å². The van der Waals surface area contributed by atoms with Crippen LogP contribution in [-0.2, 0) is 6.42 Å². The first-order valence-electron chi connectivity index (χ1n) is 17.0. The molecule has 4 aliphatic rings. The van der Waals surface area contributed by atoms with Gasteiger partial charge in [-0.05, 0) is 87.1 Å². The van der Waals surface area contributed by atoms with Gasteiger partial charge in [0.15, 0.2) is 5.82 Å². The van der Waals surface area contributed by atoms with Gasteiger partial charge < -0.3 is 14.8 Å². The molecule has 2 amide bonds. The molecule has 1 saturated carbocycles. The van der Waals surface area contributed by atoms with Gasteiger partial charge in [0.1, 0.15) is 5.52 Å². The van der Waals surface area contributed by atoms with E-state index < -0.39 is 5.82 Å². The number of carbonyl (C=O) groups excluding carboxylic acids is 1. The Morgan fingerprint density at radius 1 is 1.10 bits per heavy atom. The summed E-state index contributed by atoms with van der Waals surface area (Å²) in [6.07, 6.45) is 2.38. The second kappa shape index (κ2) is 12.6. The van der Waals surface area contributed by atoms with Gasteiger partial charge in [0.2, 0.25) is 0 Å². The molecule has 3 aliphatic heterocycles. The molecule has 3 saturated heterocycles. The van der Waals surface area contributed by atoms with Crippen LogP contribution in [0.1, 0.15) is 60.8 Å². The molecule has 4 fully saturated rings. The monoisotopic (exact) mass is 705 g/mol. The van der Waals surface area contributed by atoms with Gasteiger partial charge in [0.05, 0.1) is 45.3 Å². The number of fused-ring (bicyclic) bond motifs is 4. The van der Waals surface area contributed by atoms with E-state index in [9.17, 15) is 15.3 Å². The quantitative estimate of drug-likeness (QED) is 0.182. The van der Waals surface area contributed by atoms with Gasteiger partial charge in [-0.2, -0.15) is 10.5 Å². The van der Waals surface area contributed by atoms with E-state index in [4.69, 9.17) is 28.2 Å². The van der Waals surface area contributed by atoms with E-state index in [1.807, 2.05) is 30.0 Å². The lowest BCUT2D eigenvalue weighted by molar-refractivity contribution is 0.165. The molecule has 2 bridgehead atoms. The van der Waals surface area contributed by atoms with Crippen molar-refractivity contribution in [1.82, 2.24) is 19.8 Å². The van der Waals surface area contributed by atoms with Crippen LogP contribution >= 0.6 is 23.2 Å². The number of urea groups is 1. The largest absolute Gasteiger partial charge is 0.337 e. The summed E-state index contributed by atoms with van der Waals surface area (Å²) in [5, 5.41) is 24.7. The summed E-state index contributed by atoms with van der Waals surface area (Å²) in [6, 6.07) is 20.8. The van der Waals surface area contributed by atoms with Crippen molar-refractivity contribution in [2.24, 2.45) is 5.92 Å². The van der Waals surface area contributed by atoms with Crippen LogP contribution < -0.4 is 10.2 Å². The minimum Gasteiger partial charge on any atom is -0.337 e. The third kappa shape index (κ3) is 5.02. The molecular formula is C39H34Cl2FN7O. The van der Waals surface area contributed by atoms with Crippen LogP contribution in [0, 0.1) is 41.3 Å². The lowest BCUT2D eigenvalue weighted by atomic mass is 9.79. The lowest BCUT2D eigenvalue weighted by Crippen LogP contribution is -2.51. The molecule has 2 aromatic heterocycles. The molecule has 5 aromatic rings. The average molecular weight is 707 g/mol. The smallest absolute Gasteiger partial charge is 0.325 e. The third-order valence-electron chi connectivity index (χ3n) is 10.9. The summed E-state index contributed by atoms with van der Waals surface area (Å²) in [5.74, 6) is -0.0874. The predicted molar refractivity (Wildman–Crippen MR) is 194 cm³/mol. The van der Waals surface area contributed by atoms with Crippen molar-refractivity contribution in [2.75, 3.05) is 24.5 Å². The standard InChI is InChI=1S/C39H34Cl2FN7O/c1-21-28-18-32(22(2)47-14-5-15-48(39(47)50)26-11-9-23(19-44)10-12-26)49(37-25-17-31(37)45-20-25)38(28)29-16-24(6-4-13-43)33(35(42)36(29)46-21)27-7-3-8-30(40)34(27)41/h3,7-12,16,18,22,25,31,37,45H,4-6,14-15,17,20H2,1-2H3/t22-,25-,31-,37+/m1/s1. The third-order valence-corrected chi connectivity index (χ3v) is 11.7. The number of anilines is 1. The Hall–Kier alpha value is -4.67. The Labute approximate surface area is 299 Å². The van der Waals surface area contributed by atoms with Gasteiger partial charge in [-0.25, -0.2) is 14.2 Å². The van der Waals surface area contributed by atoms with E-state index in [-0.39, 0.29) is 41.1 Å². The van der Waals surface area contributed by atoms with E-state index in [2.05, 4.69) is 35.0 Å². The van der Waals surface area contributed by atoms with Crippen molar-refractivity contribution in [3.05, 3.63) is 93.0 Å². The summed E-state index contributed by atoms with van der Waals surface area (Å²) in [4.78, 5) is 22.7. The number of pyridine rings is 1. The second-order valence-electron chi connectivity index (χ2n) is 13.6. The number of rotatable bonds is 7. The maximum atomic E-state index is 17.1. The zero-order valence-corrected chi connectivity index (χ0v) is 29.2. The van der Waals surface area contributed by atoms with Gasteiger partial charge in [-0.3, -0.25) is 4.90 Å². The Morgan fingerprint density at radius 3 is 2.60 bits per heavy atom. The fourth-order valence-electron chi connectivity index (χ4n) is 8.38. The van der Waals surface area contributed by atoms with Gasteiger partial charge in [-0.15, -0.1) is 0 Å². The Balaban J connectivity index is 1.32. The molecule has 9 rings (SSSR count). The molecule has 0 radical (unpaired) electrons. The number of halogens is 3. The first-order valence-corrected chi connectivity index (χ1v) is 17.8. The second-order valence-corrected chi connectivity index (χ2v) is 14.4. The number of amides is 2. The van der Waals surface area contributed by atoms with Crippen molar-refractivity contribution < 1.29 is 9.18 Å². The number of hydrogen-bond donors (Lipinski definition) is 1. The van der Waals surface area contributed by atoms with Crippen LogP contribution in [-0.4, -0.2) is 46.2 Å². The molecular weight excluding hydrogens is 672 g/mol. The highest BCUT2D eigenvalue weighted by Crippen LogP contribution is 2.50. The fraction of sp³-hybridized carbons (Fsp3) is 0.333. The van der Waals surface area contributed by atoms with E-state index in [1.54, 1.807) is 35.2 Å². The molecule has 11 heteroatoms.